The monoisotopic (exact) mass is 1220 g/mol. The van der Waals surface area contributed by atoms with Crippen molar-refractivity contribution in [2.24, 2.45) is 0 Å². The first-order valence-corrected chi connectivity index (χ1v) is 31.8. The number of hydrogen-bond acceptors (Lipinski definition) is 8. The van der Waals surface area contributed by atoms with Crippen molar-refractivity contribution < 1.29 is 62.1 Å². The molecule has 0 aromatic heterocycles. The average Bonchev–Trinajstić information content (AvgIpc) is 0.795. The smallest absolute Gasteiger partial charge is 0.411 e. The SMILES string of the molecule is CCC(C)(CC)c1ccc(S(=O)(=O)c2ccc(Oc3ccc(-c4ccc(OC(CC)(CC)C(CC)(CC)c5ccc(S(=O)(=O)c6ccc(Oc7ccc(C(c8ccc(OC(C)C)cc8)(C(F)(F)F)C(F)(F)F)cc7)cc6)cc5)cc4)cc3)cc2)cc1. The van der Waals surface area contributed by atoms with Crippen LogP contribution in [0.5, 0.6) is 34.5 Å². The summed E-state index contributed by atoms with van der Waals surface area (Å²) in [5.74, 6) is 1.87. The van der Waals surface area contributed by atoms with Crippen LogP contribution in [0.4, 0.5) is 26.3 Å². The third-order valence-corrected chi connectivity index (χ3v) is 20.8. The predicted molar refractivity (Wildman–Crippen MR) is 324 cm³/mol. The molecule has 0 radical (unpaired) electrons. The molecule has 454 valence electrons. The second kappa shape index (κ2) is 25.4. The summed E-state index contributed by atoms with van der Waals surface area (Å²) in [5, 5.41) is 0. The molecule has 0 heterocycles. The normalized spacial score (nSPS) is 12.9. The van der Waals surface area contributed by atoms with Crippen LogP contribution in [0.2, 0.25) is 0 Å². The van der Waals surface area contributed by atoms with Gasteiger partial charge in [-0.05, 0) is 212 Å². The van der Waals surface area contributed by atoms with Gasteiger partial charge < -0.3 is 18.9 Å². The van der Waals surface area contributed by atoms with E-state index >= 15 is 0 Å². The van der Waals surface area contributed by atoms with Gasteiger partial charge in [-0.1, -0.05) is 121 Å². The molecule has 0 spiro atoms. The Balaban J connectivity index is 0.924. The Morgan fingerprint density at radius 1 is 0.360 bits per heavy atom. The van der Waals surface area contributed by atoms with E-state index in [1.165, 1.54) is 24.3 Å². The van der Waals surface area contributed by atoms with Crippen LogP contribution in [0.1, 0.15) is 123 Å². The molecule has 0 aliphatic heterocycles. The Kier molecular flexibility index (Phi) is 19.0. The van der Waals surface area contributed by atoms with Gasteiger partial charge in [0.1, 0.15) is 40.1 Å². The van der Waals surface area contributed by atoms with Gasteiger partial charge >= 0.3 is 12.4 Å². The van der Waals surface area contributed by atoms with Gasteiger partial charge in [0.05, 0.1) is 25.7 Å². The molecule has 0 N–H and O–H groups in total. The number of sulfone groups is 2. The summed E-state index contributed by atoms with van der Waals surface area (Å²) < 4.78 is 169. The molecule has 0 aliphatic carbocycles. The second-order valence-electron chi connectivity index (χ2n) is 22.1. The van der Waals surface area contributed by atoms with E-state index < -0.39 is 59.6 Å². The summed E-state index contributed by atoms with van der Waals surface area (Å²) in [6, 6.07) is 48.3. The number of halogens is 6. The maximum absolute atomic E-state index is 14.8. The van der Waals surface area contributed by atoms with Gasteiger partial charge in [-0.2, -0.15) is 26.3 Å². The highest BCUT2D eigenvalue weighted by Gasteiger charge is 2.72. The van der Waals surface area contributed by atoms with E-state index in [4.69, 9.17) is 18.9 Å². The maximum Gasteiger partial charge on any atom is 0.411 e. The van der Waals surface area contributed by atoms with Gasteiger partial charge in [-0.15, -0.1) is 0 Å². The van der Waals surface area contributed by atoms with Crippen LogP contribution in [0.25, 0.3) is 11.1 Å². The fraction of sp³-hybridized carbons (Fsp3) is 0.314. The number of benzene rings is 8. The highest BCUT2D eigenvalue weighted by atomic mass is 32.2. The average molecular weight is 1220 g/mol. The largest absolute Gasteiger partial charge is 0.491 e. The molecule has 0 bridgehead atoms. The summed E-state index contributed by atoms with van der Waals surface area (Å²) in [5.41, 5.74) is -3.85. The highest BCUT2D eigenvalue weighted by molar-refractivity contribution is 7.91. The molecule has 0 atom stereocenters. The molecule has 0 amide bonds. The number of rotatable bonds is 24. The Morgan fingerprint density at radius 2 is 0.651 bits per heavy atom. The van der Waals surface area contributed by atoms with Gasteiger partial charge in [-0.25, -0.2) is 16.8 Å². The van der Waals surface area contributed by atoms with E-state index in [1.54, 1.807) is 62.4 Å². The zero-order valence-corrected chi connectivity index (χ0v) is 51.3. The van der Waals surface area contributed by atoms with Crippen LogP contribution in [0.3, 0.4) is 0 Å². The number of ether oxygens (including phenoxy) is 4. The predicted octanol–water partition coefficient (Wildman–Crippen LogP) is 19.6. The molecule has 0 unspecified atom stereocenters. The maximum atomic E-state index is 14.8. The molecule has 8 nitrogen and oxygen atoms in total. The van der Waals surface area contributed by atoms with Gasteiger partial charge in [0.15, 0.2) is 0 Å². The number of hydrogen-bond donors (Lipinski definition) is 0. The Labute approximate surface area is 502 Å². The summed E-state index contributed by atoms with van der Waals surface area (Å²) in [6.07, 6.45) is -7.40. The fourth-order valence-corrected chi connectivity index (χ4v) is 14.3. The van der Waals surface area contributed by atoms with Crippen LogP contribution < -0.4 is 18.9 Å². The van der Waals surface area contributed by atoms with E-state index in [2.05, 4.69) is 48.5 Å². The summed E-state index contributed by atoms with van der Waals surface area (Å²) in [4.78, 5) is 0.386. The molecule has 8 aromatic carbocycles. The molecule has 0 saturated carbocycles. The van der Waals surface area contributed by atoms with E-state index in [0.717, 1.165) is 83.6 Å². The molecule has 0 fully saturated rings. The molecule has 8 rings (SSSR count). The first-order valence-electron chi connectivity index (χ1n) is 28.9. The third-order valence-electron chi connectivity index (χ3n) is 17.3. The molecule has 0 saturated heterocycles. The van der Waals surface area contributed by atoms with E-state index in [1.807, 2.05) is 72.8 Å². The lowest BCUT2D eigenvalue weighted by Crippen LogP contribution is -2.54. The van der Waals surface area contributed by atoms with Crippen molar-refractivity contribution in [3.05, 3.63) is 216 Å². The summed E-state index contributed by atoms with van der Waals surface area (Å²) in [6.45, 7) is 18.2. The molecular weight excluding hydrogens is 1150 g/mol. The fourth-order valence-electron chi connectivity index (χ4n) is 11.8. The Bertz CT molecular complexity index is 3750. The van der Waals surface area contributed by atoms with Crippen molar-refractivity contribution in [2.75, 3.05) is 0 Å². The highest BCUT2D eigenvalue weighted by Crippen LogP contribution is 2.57. The third kappa shape index (κ3) is 12.5. The van der Waals surface area contributed by atoms with Crippen LogP contribution in [-0.4, -0.2) is 40.9 Å². The Hall–Kier alpha value is -7.56. The Morgan fingerprint density at radius 3 is 0.965 bits per heavy atom. The lowest BCUT2D eigenvalue weighted by Gasteiger charge is -2.50. The van der Waals surface area contributed by atoms with Crippen LogP contribution in [0.15, 0.2) is 214 Å². The first-order chi connectivity index (χ1) is 40.7. The van der Waals surface area contributed by atoms with Crippen molar-refractivity contribution >= 4 is 19.7 Å². The van der Waals surface area contributed by atoms with Crippen molar-refractivity contribution in [3.8, 4) is 45.6 Å². The minimum Gasteiger partial charge on any atom is -0.491 e. The minimum atomic E-state index is -5.79. The van der Waals surface area contributed by atoms with Gasteiger partial charge in [0, 0.05) is 5.41 Å². The summed E-state index contributed by atoms with van der Waals surface area (Å²) >= 11 is 0. The van der Waals surface area contributed by atoms with Crippen LogP contribution >= 0.6 is 0 Å². The standard InChI is InChI=1S/C70H72F6O8S2/c1-10-65(9,11-2)51-24-40-61(41-25-51)85(77,78)63-44-36-58(37-45-63)82-56-28-16-49(17-29-56)50-18-30-60(31-19-50)84-67(14-5,15-6)66(12-3,13-4)52-26-42-62(43-27-52)86(79,80)64-46-38-59(39-47-64)83-57-34-22-54(23-35-57)68(69(71,72)73,70(74,75)76)53-20-32-55(33-21-53)81-48(7)8/h16-48H,10-15H2,1-9H3. The van der Waals surface area contributed by atoms with Crippen molar-refractivity contribution in [1.29, 1.82) is 0 Å². The zero-order valence-electron chi connectivity index (χ0n) is 49.6. The van der Waals surface area contributed by atoms with Gasteiger partial charge in [0.2, 0.25) is 25.1 Å². The zero-order chi connectivity index (χ0) is 62.5. The second-order valence-corrected chi connectivity index (χ2v) is 26.0. The molecule has 86 heavy (non-hydrogen) atoms. The molecular formula is C70H72F6O8S2. The lowest BCUT2D eigenvalue weighted by atomic mass is 9.61. The van der Waals surface area contributed by atoms with E-state index in [0.29, 0.717) is 42.9 Å². The molecule has 0 aliphatic rings. The lowest BCUT2D eigenvalue weighted by molar-refractivity contribution is -0.288. The molecule has 8 aromatic rings. The van der Waals surface area contributed by atoms with Crippen LogP contribution in [-0.2, 0) is 35.9 Å². The summed E-state index contributed by atoms with van der Waals surface area (Å²) in [7, 11) is -7.81. The first kappa shape index (κ1) is 64.4. The quantitative estimate of drug-likeness (QED) is 0.0551. The number of alkyl halides is 6. The van der Waals surface area contributed by atoms with Crippen molar-refractivity contribution in [3.63, 3.8) is 0 Å². The van der Waals surface area contributed by atoms with Gasteiger partial charge in [0.25, 0.3) is 0 Å². The topological polar surface area (TPSA) is 105 Å². The van der Waals surface area contributed by atoms with Gasteiger partial charge in [-0.3, -0.25) is 0 Å². The van der Waals surface area contributed by atoms with E-state index in [-0.39, 0.29) is 48.3 Å². The molecule has 16 heteroatoms. The van der Waals surface area contributed by atoms with Crippen molar-refractivity contribution in [2.45, 2.75) is 161 Å². The van der Waals surface area contributed by atoms with Crippen LogP contribution in [0, 0.1) is 0 Å². The van der Waals surface area contributed by atoms with Crippen molar-refractivity contribution in [1.82, 2.24) is 0 Å². The van der Waals surface area contributed by atoms with E-state index in [9.17, 15) is 43.2 Å². The minimum absolute atomic E-state index is 0.0176.